The molecule has 0 saturated carbocycles. The second kappa shape index (κ2) is 8.69. The summed E-state index contributed by atoms with van der Waals surface area (Å²) in [6, 6.07) is 14.6. The maximum Gasteiger partial charge on any atom is 0.340 e. The number of thiocarbonyl (C=S) groups is 1. The Morgan fingerprint density at radius 3 is 2.19 bits per heavy atom. The Labute approximate surface area is 213 Å². The molecule has 0 saturated heterocycles. The van der Waals surface area contributed by atoms with Gasteiger partial charge in [0, 0.05) is 47.7 Å². The maximum absolute atomic E-state index is 13.2. The van der Waals surface area contributed by atoms with E-state index in [1.54, 1.807) is 24.3 Å². The van der Waals surface area contributed by atoms with Gasteiger partial charge in [0.05, 0.1) is 5.56 Å². The van der Waals surface area contributed by atoms with Crippen LogP contribution in [0.4, 0.5) is 5.69 Å². The molecule has 36 heavy (non-hydrogen) atoms. The summed E-state index contributed by atoms with van der Waals surface area (Å²) in [5.41, 5.74) is 1.28. The van der Waals surface area contributed by atoms with Crippen LogP contribution in [0.1, 0.15) is 47.3 Å². The fraction of sp³-hybridized carbons (Fsp3) is 0.259. The van der Waals surface area contributed by atoms with Crippen molar-refractivity contribution >= 4 is 29.0 Å². The average Bonchev–Trinajstić information content (AvgIpc) is 3.09. The standard InChI is InChI=1S/C27H26N2O6S/c1-26(2,9-10-30)14-28-25(36)29-15-3-6-19-18(11-15)24(33)35-27(19)20-7-4-16(31)12-22(20)34-23-13-17(32)5-8-21(23)27/h3-8,11-13,30-32H,9-10,14H2,1-2H3,(H2,28,29,36). The van der Waals surface area contributed by atoms with Gasteiger partial charge in [0.15, 0.2) is 10.7 Å². The van der Waals surface area contributed by atoms with Crippen molar-refractivity contribution < 1.29 is 29.6 Å². The van der Waals surface area contributed by atoms with Crippen LogP contribution in [-0.2, 0) is 10.3 Å². The Balaban J connectivity index is 1.52. The fourth-order valence-corrected chi connectivity index (χ4v) is 4.86. The third-order valence-corrected chi connectivity index (χ3v) is 6.79. The van der Waals surface area contributed by atoms with Gasteiger partial charge in [0.1, 0.15) is 23.0 Å². The third-order valence-electron chi connectivity index (χ3n) is 6.55. The van der Waals surface area contributed by atoms with E-state index in [2.05, 4.69) is 10.6 Å². The van der Waals surface area contributed by atoms with Gasteiger partial charge in [-0.15, -0.1) is 0 Å². The lowest BCUT2D eigenvalue weighted by molar-refractivity contribution is 0.0224. The fourth-order valence-electron chi connectivity index (χ4n) is 4.67. The van der Waals surface area contributed by atoms with Crippen molar-refractivity contribution in [1.29, 1.82) is 0 Å². The molecule has 3 aromatic carbocycles. The Morgan fingerprint density at radius 1 is 0.972 bits per heavy atom. The number of ether oxygens (including phenoxy) is 2. The van der Waals surface area contributed by atoms with E-state index in [0.717, 1.165) is 0 Å². The molecule has 0 bridgehead atoms. The number of anilines is 1. The maximum atomic E-state index is 13.2. The van der Waals surface area contributed by atoms with E-state index < -0.39 is 11.6 Å². The van der Waals surface area contributed by atoms with Gasteiger partial charge in [0.2, 0.25) is 0 Å². The number of carbonyl (C=O) groups excluding carboxylic acids is 1. The van der Waals surface area contributed by atoms with Crippen molar-refractivity contribution in [2.75, 3.05) is 18.5 Å². The first-order valence-corrected chi connectivity index (χ1v) is 11.9. The molecule has 2 aliphatic heterocycles. The quantitative estimate of drug-likeness (QED) is 0.254. The zero-order valence-corrected chi connectivity index (χ0v) is 20.6. The molecule has 0 unspecified atom stereocenters. The Kier molecular flexibility index (Phi) is 5.77. The van der Waals surface area contributed by atoms with Crippen LogP contribution < -0.4 is 15.4 Å². The highest BCUT2D eigenvalue weighted by Gasteiger charge is 2.53. The van der Waals surface area contributed by atoms with Crippen molar-refractivity contribution in [2.24, 2.45) is 5.41 Å². The normalized spacial score (nSPS) is 14.8. The van der Waals surface area contributed by atoms with Gasteiger partial charge >= 0.3 is 5.97 Å². The number of hydrogen-bond acceptors (Lipinski definition) is 7. The molecule has 0 aromatic heterocycles. The second-order valence-corrected chi connectivity index (χ2v) is 10.1. The van der Waals surface area contributed by atoms with Crippen molar-refractivity contribution in [1.82, 2.24) is 5.32 Å². The number of aliphatic hydroxyl groups excluding tert-OH is 1. The molecule has 2 aliphatic rings. The number of aliphatic hydroxyl groups is 1. The number of benzene rings is 3. The topological polar surface area (TPSA) is 120 Å². The number of phenols is 2. The number of phenolic OH excluding ortho intramolecular Hbond substituents is 2. The Hall–Kier alpha value is -3.82. The predicted octanol–water partition coefficient (Wildman–Crippen LogP) is 4.36. The molecule has 9 heteroatoms. The van der Waals surface area contributed by atoms with Crippen LogP contribution in [0.15, 0.2) is 54.6 Å². The molecule has 3 aromatic rings. The second-order valence-electron chi connectivity index (χ2n) is 9.74. The summed E-state index contributed by atoms with van der Waals surface area (Å²) in [6.45, 7) is 4.74. The number of hydrogen-bond donors (Lipinski definition) is 5. The van der Waals surface area contributed by atoms with Gasteiger partial charge in [-0.25, -0.2) is 4.79 Å². The van der Waals surface area contributed by atoms with E-state index in [-0.39, 0.29) is 23.5 Å². The molecule has 0 atom stereocenters. The van der Waals surface area contributed by atoms with Crippen molar-refractivity contribution in [3.63, 3.8) is 0 Å². The molecular weight excluding hydrogens is 480 g/mol. The van der Waals surface area contributed by atoms with Crippen LogP contribution in [0.5, 0.6) is 23.0 Å². The van der Waals surface area contributed by atoms with Gasteiger partial charge in [-0.05, 0) is 60.5 Å². The first kappa shape index (κ1) is 23.9. The molecule has 0 fully saturated rings. The molecule has 5 rings (SSSR count). The predicted molar refractivity (Wildman–Crippen MR) is 138 cm³/mol. The van der Waals surface area contributed by atoms with Crippen LogP contribution in [0.3, 0.4) is 0 Å². The van der Waals surface area contributed by atoms with Crippen LogP contribution in [0.25, 0.3) is 0 Å². The minimum absolute atomic E-state index is 0.000207. The number of aromatic hydroxyl groups is 2. The first-order chi connectivity index (χ1) is 17.1. The zero-order valence-electron chi connectivity index (χ0n) is 19.8. The van der Waals surface area contributed by atoms with Gasteiger partial charge in [0.25, 0.3) is 0 Å². The van der Waals surface area contributed by atoms with E-state index in [9.17, 15) is 20.1 Å². The van der Waals surface area contributed by atoms with E-state index in [1.807, 2.05) is 19.9 Å². The molecule has 5 N–H and O–H groups in total. The van der Waals surface area contributed by atoms with Crippen molar-refractivity contribution in [3.8, 4) is 23.0 Å². The monoisotopic (exact) mass is 506 g/mol. The highest BCUT2D eigenvalue weighted by atomic mass is 32.1. The number of nitrogens with one attached hydrogen (secondary N) is 2. The lowest BCUT2D eigenvalue weighted by Gasteiger charge is -2.36. The third kappa shape index (κ3) is 4.00. The molecule has 8 nitrogen and oxygen atoms in total. The minimum Gasteiger partial charge on any atom is -0.508 e. The summed E-state index contributed by atoms with van der Waals surface area (Å²) in [6.07, 6.45) is 0.637. The van der Waals surface area contributed by atoms with Gasteiger partial charge < -0.3 is 35.4 Å². The van der Waals surface area contributed by atoms with Gasteiger partial charge in [-0.3, -0.25) is 0 Å². The summed E-state index contributed by atoms with van der Waals surface area (Å²) in [7, 11) is 0. The smallest absolute Gasteiger partial charge is 0.340 e. The summed E-state index contributed by atoms with van der Waals surface area (Å²) in [5.74, 6) is 0.134. The molecule has 0 aliphatic carbocycles. The van der Waals surface area contributed by atoms with E-state index in [1.165, 1.54) is 24.3 Å². The SMILES string of the molecule is CC(C)(CCO)CNC(=S)Nc1ccc2c(c1)C(=O)OC21c2ccc(O)cc2Oc2cc(O)ccc21. The zero-order chi connectivity index (χ0) is 25.7. The highest BCUT2D eigenvalue weighted by molar-refractivity contribution is 7.80. The Bertz CT molecular complexity index is 1340. The van der Waals surface area contributed by atoms with Crippen molar-refractivity contribution in [3.05, 3.63) is 76.9 Å². The lowest BCUT2D eigenvalue weighted by atomic mass is 9.77. The summed E-state index contributed by atoms with van der Waals surface area (Å²) in [5, 5.41) is 36.0. The van der Waals surface area contributed by atoms with Crippen LogP contribution in [0.2, 0.25) is 0 Å². The Morgan fingerprint density at radius 2 is 1.58 bits per heavy atom. The molecule has 1 spiro atoms. The summed E-state index contributed by atoms with van der Waals surface area (Å²) >= 11 is 5.43. The van der Waals surface area contributed by atoms with Crippen LogP contribution in [-0.4, -0.2) is 39.6 Å². The van der Waals surface area contributed by atoms with Gasteiger partial charge in [-0.1, -0.05) is 19.9 Å². The van der Waals surface area contributed by atoms with E-state index in [4.69, 9.17) is 21.7 Å². The lowest BCUT2D eigenvalue weighted by Crippen LogP contribution is -2.37. The largest absolute Gasteiger partial charge is 0.508 e. The molecule has 2 heterocycles. The number of rotatable bonds is 5. The highest BCUT2D eigenvalue weighted by Crippen LogP contribution is 2.57. The molecule has 0 amide bonds. The number of carbonyl (C=O) groups is 1. The summed E-state index contributed by atoms with van der Waals surface area (Å²) < 4.78 is 12.0. The average molecular weight is 507 g/mol. The molecule has 0 radical (unpaired) electrons. The molecular formula is C27H26N2O6S. The first-order valence-electron chi connectivity index (χ1n) is 11.5. The number of esters is 1. The summed E-state index contributed by atoms with van der Waals surface area (Å²) in [4.78, 5) is 13.2. The number of fused-ring (bicyclic) bond motifs is 6. The van der Waals surface area contributed by atoms with E-state index >= 15 is 0 Å². The van der Waals surface area contributed by atoms with Gasteiger partial charge in [-0.2, -0.15) is 0 Å². The van der Waals surface area contributed by atoms with Crippen LogP contribution >= 0.6 is 12.2 Å². The molecule has 186 valence electrons. The van der Waals surface area contributed by atoms with Crippen LogP contribution in [0, 0.1) is 5.41 Å². The van der Waals surface area contributed by atoms with Crippen molar-refractivity contribution in [2.45, 2.75) is 25.9 Å². The minimum atomic E-state index is -1.30. The van der Waals surface area contributed by atoms with E-state index in [0.29, 0.717) is 57.5 Å².